The number of hydrogen-bond donors (Lipinski definition) is 1. The van der Waals surface area contributed by atoms with Gasteiger partial charge in [0.25, 0.3) is 0 Å². The van der Waals surface area contributed by atoms with Gasteiger partial charge in [-0.3, -0.25) is 4.99 Å². The second kappa shape index (κ2) is 9.18. The molecule has 0 aliphatic carbocycles. The number of likely N-dealkylation sites (N-methyl/N-ethyl adjacent to an activating group) is 1. The largest absolute Gasteiger partial charge is 0.493 e. The van der Waals surface area contributed by atoms with Crippen molar-refractivity contribution in [3.8, 4) is 11.5 Å². The summed E-state index contributed by atoms with van der Waals surface area (Å²) in [7, 11) is 7.17. The predicted molar refractivity (Wildman–Crippen MR) is 92.1 cm³/mol. The third kappa shape index (κ3) is 5.47. The Balaban J connectivity index is 2.61. The molecule has 0 unspecified atom stereocenters. The average Bonchev–Trinajstić information content (AvgIpc) is 2.52. The van der Waals surface area contributed by atoms with Gasteiger partial charge in [0.05, 0.1) is 14.2 Å². The summed E-state index contributed by atoms with van der Waals surface area (Å²) in [6.45, 7) is 6.18. The van der Waals surface area contributed by atoms with E-state index in [0.29, 0.717) is 5.92 Å². The molecule has 5 nitrogen and oxygen atoms in total. The monoisotopic (exact) mass is 307 g/mol. The summed E-state index contributed by atoms with van der Waals surface area (Å²) < 4.78 is 10.6. The number of nitrogens with one attached hydrogen (secondary N) is 1. The Bertz CT molecular complexity index is 487. The van der Waals surface area contributed by atoms with Crippen molar-refractivity contribution in [2.45, 2.75) is 20.3 Å². The van der Waals surface area contributed by atoms with Crippen LogP contribution >= 0.6 is 0 Å². The first kappa shape index (κ1) is 18.1. The Kier molecular flexibility index (Phi) is 7.57. The van der Waals surface area contributed by atoms with Crippen LogP contribution < -0.4 is 14.8 Å². The second-order valence-electron chi connectivity index (χ2n) is 5.68. The molecule has 0 atom stereocenters. The molecule has 0 aliphatic heterocycles. The quantitative estimate of drug-likeness (QED) is 0.621. The highest BCUT2D eigenvalue weighted by molar-refractivity contribution is 5.79. The molecule has 124 valence electrons. The molecule has 1 N–H and O–H groups in total. The van der Waals surface area contributed by atoms with Gasteiger partial charge < -0.3 is 19.7 Å². The van der Waals surface area contributed by atoms with Crippen molar-refractivity contribution in [2.75, 3.05) is 41.4 Å². The zero-order valence-electron chi connectivity index (χ0n) is 14.6. The normalized spacial score (nSPS) is 11.5. The number of methoxy groups -OCH3 is 2. The van der Waals surface area contributed by atoms with E-state index in [9.17, 15) is 0 Å². The average molecular weight is 307 g/mol. The van der Waals surface area contributed by atoms with Gasteiger partial charge in [-0.25, -0.2) is 0 Å². The van der Waals surface area contributed by atoms with E-state index in [1.807, 2.05) is 19.2 Å². The molecule has 0 radical (unpaired) electrons. The van der Waals surface area contributed by atoms with Crippen LogP contribution in [0.4, 0.5) is 0 Å². The van der Waals surface area contributed by atoms with Gasteiger partial charge in [-0.1, -0.05) is 19.9 Å². The van der Waals surface area contributed by atoms with Crippen LogP contribution in [-0.2, 0) is 6.42 Å². The Morgan fingerprint density at radius 2 is 1.91 bits per heavy atom. The maximum Gasteiger partial charge on any atom is 0.193 e. The molecule has 0 saturated carbocycles. The van der Waals surface area contributed by atoms with Gasteiger partial charge in [-0.05, 0) is 30.0 Å². The van der Waals surface area contributed by atoms with E-state index < -0.39 is 0 Å². The lowest BCUT2D eigenvalue weighted by Crippen LogP contribution is -2.41. The molecule has 0 saturated heterocycles. The third-order valence-corrected chi connectivity index (χ3v) is 3.43. The molecule has 0 spiro atoms. The smallest absolute Gasteiger partial charge is 0.193 e. The number of aliphatic imine (C=N–C) groups is 1. The van der Waals surface area contributed by atoms with Gasteiger partial charge in [0.1, 0.15) is 0 Å². The minimum atomic E-state index is 0.594. The Hall–Kier alpha value is -1.91. The lowest BCUT2D eigenvalue weighted by molar-refractivity contribution is 0.354. The third-order valence-electron chi connectivity index (χ3n) is 3.43. The summed E-state index contributed by atoms with van der Waals surface area (Å²) >= 11 is 0. The number of rotatable bonds is 7. The molecule has 0 amide bonds. The van der Waals surface area contributed by atoms with Crippen molar-refractivity contribution in [1.29, 1.82) is 0 Å². The molecule has 0 fully saturated rings. The van der Waals surface area contributed by atoms with E-state index in [-0.39, 0.29) is 0 Å². The molecule has 0 aromatic heterocycles. The minimum Gasteiger partial charge on any atom is -0.493 e. The molecule has 0 heterocycles. The molecule has 1 aromatic rings. The fourth-order valence-electron chi connectivity index (χ4n) is 2.12. The summed E-state index contributed by atoms with van der Waals surface area (Å²) in [5.74, 6) is 3.05. The van der Waals surface area contributed by atoms with Gasteiger partial charge >= 0.3 is 0 Å². The number of guanidine groups is 1. The first-order valence-electron chi connectivity index (χ1n) is 7.64. The zero-order valence-corrected chi connectivity index (χ0v) is 14.6. The lowest BCUT2D eigenvalue weighted by atomic mass is 10.1. The van der Waals surface area contributed by atoms with Crippen LogP contribution in [0.5, 0.6) is 11.5 Å². The van der Waals surface area contributed by atoms with Gasteiger partial charge in [-0.2, -0.15) is 0 Å². The molecular weight excluding hydrogens is 278 g/mol. The van der Waals surface area contributed by atoms with Crippen LogP contribution in [0.1, 0.15) is 19.4 Å². The van der Waals surface area contributed by atoms with Crippen LogP contribution in [0.3, 0.4) is 0 Å². The van der Waals surface area contributed by atoms with Crippen LogP contribution in [0.15, 0.2) is 23.2 Å². The van der Waals surface area contributed by atoms with E-state index >= 15 is 0 Å². The van der Waals surface area contributed by atoms with Crippen molar-refractivity contribution < 1.29 is 9.47 Å². The lowest BCUT2D eigenvalue weighted by Gasteiger charge is -2.23. The number of hydrogen-bond acceptors (Lipinski definition) is 3. The fraction of sp³-hybridized carbons (Fsp3) is 0.588. The highest BCUT2D eigenvalue weighted by Gasteiger charge is 2.08. The van der Waals surface area contributed by atoms with E-state index in [1.165, 1.54) is 5.56 Å². The van der Waals surface area contributed by atoms with E-state index in [2.05, 4.69) is 42.2 Å². The Labute approximate surface area is 134 Å². The van der Waals surface area contributed by atoms with Crippen molar-refractivity contribution >= 4 is 5.96 Å². The summed E-state index contributed by atoms with van der Waals surface area (Å²) in [6, 6.07) is 6.04. The Morgan fingerprint density at radius 1 is 1.23 bits per heavy atom. The number of ether oxygens (including phenoxy) is 2. The number of benzene rings is 1. The highest BCUT2D eigenvalue weighted by Crippen LogP contribution is 2.27. The van der Waals surface area contributed by atoms with E-state index in [4.69, 9.17) is 9.47 Å². The maximum absolute atomic E-state index is 5.34. The standard InChI is InChI=1S/C17H29N3O2/c1-13(2)12-19-17(18-3)20(4)10-9-14-7-8-15(21-5)16(11-14)22-6/h7-8,11,13H,9-10,12H2,1-6H3,(H,18,19). The van der Waals surface area contributed by atoms with Crippen LogP contribution in [0, 0.1) is 5.92 Å². The minimum absolute atomic E-state index is 0.594. The molecular formula is C17H29N3O2. The molecule has 22 heavy (non-hydrogen) atoms. The summed E-state index contributed by atoms with van der Waals surface area (Å²) in [6.07, 6.45) is 0.916. The van der Waals surface area contributed by atoms with Gasteiger partial charge in [0.2, 0.25) is 0 Å². The zero-order chi connectivity index (χ0) is 16.5. The van der Waals surface area contributed by atoms with Gasteiger partial charge in [0, 0.05) is 27.2 Å². The summed E-state index contributed by atoms with van der Waals surface area (Å²) in [4.78, 5) is 6.46. The fourth-order valence-corrected chi connectivity index (χ4v) is 2.12. The maximum atomic E-state index is 5.34. The van der Waals surface area contributed by atoms with E-state index in [0.717, 1.165) is 37.0 Å². The van der Waals surface area contributed by atoms with Gasteiger partial charge in [0.15, 0.2) is 17.5 Å². The molecule has 0 bridgehead atoms. The summed E-state index contributed by atoms with van der Waals surface area (Å²) in [5.41, 5.74) is 1.21. The highest BCUT2D eigenvalue weighted by atomic mass is 16.5. The van der Waals surface area contributed by atoms with Crippen molar-refractivity contribution in [3.05, 3.63) is 23.8 Å². The topological polar surface area (TPSA) is 46.1 Å². The van der Waals surface area contributed by atoms with Crippen molar-refractivity contribution in [2.24, 2.45) is 10.9 Å². The number of nitrogens with zero attached hydrogens (tertiary/aromatic N) is 2. The van der Waals surface area contributed by atoms with Crippen molar-refractivity contribution in [3.63, 3.8) is 0 Å². The van der Waals surface area contributed by atoms with Crippen molar-refractivity contribution in [1.82, 2.24) is 10.2 Å². The van der Waals surface area contributed by atoms with Crippen LogP contribution in [0.25, 0.3) is 0 Å². The van der Waals surface area contributed by atoms with Crippen LogP contribution in [0.2, 0.25) is 0 Å². The van der Waals surface area contributed by atoms with E-state index in [1.54, 1.807) is 14.2 Å². The predicted octanol–water partition coefficient (Wildman–Crippen LogP) is 2.41. The molecule has 0 aliphatic rings. The van der Waals surface area contributed by atoms with Gasteiger partial charge in [-0.15, -0.1) is 0 Å². The Morgan fingerprint density at radius 3 is 2.45 bits per heavy atom. The molecule has 1 aromatic carbocycles. The summed E-state index contributed by atoms with van der Waals surface area (Å²) in [5, 5.41) is 3.38. The van der Waals surface area contributed by atoms with Crippen LogP contribution in [-0.4, -0.2) is 52.3 Å². The SMILES string of the molecule is CN=C(NCC(C)C)N(C)CCc1ccc(OC)c(OC)c1. The molecule has 1 rings (SSSR count). The second-order valence-corrected chi connectivity index (χ2v) is 5.68. The first-order chi connectivity index (χ1) is 10.5. The molecule has 5 heteroatoms. The first-order valence-corrected chi connectivity index (χ1v) is 7.64.